The molecule has 8 nitrogen and oxygen atoms in total. The lowest BCUT2D eigenvalue weighted by atomic mass is 9.89. The van der Waals surface area contributed by atoms with E-state index in [9.17, 15) is 9.59 Å². The first-order chi connectivity index (χ1) is 17.6. The van der Waals surface area contributed by atoms with E-state index in [1.54, 1.807) is 24.2 Å². The number of ether oxygens (including phenoxy) is 1. The summed E-state index contributed by atoms with van der Waals surface area (Å²) in [6, 6.07) is 5.55. The van der Waals surface area contributed by atoms with Crippen LogP contribution in [0.2, 0.25) is 0 Å². The average Bonchev–Trinajstić information content (AvgIpc) is 3.33. The number of alkyl halides is 1. The van der Waals surface area contributed by atoms with Gasteiger partial charge in [-0.25, -0.2) is 9.78 Å². The van der Waals surface area contributed by atoms with Gasteiger partial charge in [0.2, 0.25) is 5.91 Å². The number of allylic oxidation sites excluding steroid dienone is 3. The van der Waals surface area contributed by atoms with Crippen LogP contribution in [0.1, 0.15) is 45.6 Å². The quantitative estimate of drug-likeness (QED) is 0.543. The molecule has 198 valence electrons. The summed E-state index contributed by atoms with van der Waals surface area (Å²) in [6.45, 7) is 8.08. The zero-order valence-corrected chi connectivity index (χ0v) is 22.8. The van der Waals surface area contributed by atoms with Crippen LogP contribution in [0.5, 0.6) is 0 Å². The van der Waals surface area contributed by atoms with Gasteiger partial charge in [-0.2, -0.15) is 5.26 Å². The minimum absolute atomic E-state index is 0.00447. The predicted octanol–water partition coefficient (Wildman–Crippen LogP) is 4.36. The molecule has 0 saturated carbocycles. The van der Waals surface area contributed by atoms with Gasteiger partial charge < -0.3 is 19.4 Å². The van der Waals surface area contributed by atoms with E-state index in [0.29, 0.717) is 18.7 Å². The van der Waals surface area contributed by atoms with E-state index in [4.69, 9.17) is 21.6 Å². The second kappa shape index (κ2) is 11.1. The fraction of sp³-hybridized carbons (Fsp3) is 0.571. The second-order valence-corrected chi connectivity index (χ2v) is 11.7. The molecule has 0 bridgehead atoms. The van der Waals surface area contributed by atoms with Crippen LogP contribution in [0.3, 0.4) is 0 Å². The third-order valence-corrected chi connectivity index (χ3v) is 7.65. The molecule has 2 amide bonds. The highest BCUT2D eigenvalue weighted by Gasteiger charge is 2.43. The zero-order chi connectivity index (χ0) is 26.7. The van der Waals surface area contributed by atoms with Crippen LogP contribution >= 0.6 is 11.6 Å². The van der Waals surface area contributed by atoms with Crippen molar-refractivity contribution in [3.63, 3.8) is 0 Å². The summed E-state index contributed by atoms with van der Waals surface area (Å²) >= 11 is 6.26. The number of hydrogen-bond acceptors (Lipinski definition) is 6. The third kappa shape index (κ3) is 6.45. The summed E-state index contributed by atoms with van der Waals surface area (Å²) < 4.78 is 5.64. The Bertz CT molecular complexity index is 1100. The van der Waals surface area contributed by atoms with Gasteiger partial charge in [-0.3, -0.25) is 4.79 Å². The van der Waals surface area contributed by atoms with Crippen LogP contribution in [-0.4, -0.2) is 77.0 Å². The van der Waals surface area contributed by atoms with Gasteiger partial charge in [-0.1, -0.05) is 18.2 Å². The Hall–Kier alpha value is -3.05. The number of likely N-dealkylation sites (tertiary alicyclic amines) is 1. The minimum atomic E-state index is -0.595. The minimum Gasteiger partial charge on any atom is -0.444 e. The number of carbonyl (C=O) groups is 2. The number of rotatable bonds is 4. The average molecular weight is 526 g/mol. The number of pyridine rings is 1. The SMILES string of the molecule is CN(C(=O)OC(C)(C)C)C1CN(C(=O)C2CCN(c3ccc(C#N)cn3)CC2)CC1C1=CCC(Cl)C=C1. The molecule has 0 radical (unpaired) electrons. The van der Waals surface area contributed by atoms with E-state index in [2.05, 4.69) is 22.0 Å². The summed E-state index contributed by atoms with van der Waals surface area (Å²) in [6.07, 6.45) is 9.58. The fourth-order valence-corrected chi connectivity index (χ4v) is 5.46. The van der Waals surface area contributed by atoms with Crippen molar-refractivity contribution >= 4 is 29.4 Å². The van der Waals surface area contributed by atoms with Gasteiger partial charge in [0.25, 0.3) is 0 Å². The van der Waals surface area contributed by atoms with E-state index < -0.39 is 5.60 Å². The number of anilines is 1. The first-order valence-corrected chi connectivity index (χ1v) is 13.4. The highest BCUT2D eigenvalue weighted by atomic mass is 35.5. The molecule has 3 atom stereocenters. The number of halogens is 1. The summed E-state index contributed by atoms with van der Waals surface area (Å²) in [5.41, 5.74) is 1.06. The topological polar surface area (TPSA) is 89.8 Å². The highest BCUT2D eigenvalue weighted by Crippen LogP contribution is 2.34. The third-order valence-electron chi connectivity index (χ3n) is 7.33. The van der Waals surface area contributed by atoms with E-state index in [1.165, 1.54) is 0 Å². The first-order valence-electron chi connectivity index (χ1n) is 12.9. The summed E-state index contributed by atoms with van der Waals surface area (Å²) in [4.78, 5) is 36.7. The van der Waals surface area contributed by atoms with Gasteiger partial charge >= 0.3 is 6.09 Å². The molecule has 9 heteroatoms. The molecule has 4 rings (SSSR count). The number of likely N-dealkylation sites (N-methyl/N-ethyl adjacent to an activating group) is 1. The van der Waals surface area contributed by atoms with Crippen molar-refractivity contribution in [2.75, 3.05) is 38.1 Å². The number of nitrogens with zero attached hydrogens (tertiary/aromatic N) is 5. The van der Waals surface area contributed by atoms with Crippen LogP contribution in [0.25, 0.3) is 0 Å². The summed E-state index contributed by atoms with van der Waals surface area (Å²) in [7, 11) is 1.76. The zero-order valence-electron chi connectivity index (χ0n) is 22.1. The number of hydrogen-bond donors (Lipinski definition) is 0. The molecule has 3 unspecified atom stereocenters. The molecule has 0 aromatic carbocycles. The van der Waals surface area contributed by atoms with Gasteiger partial charge in [0.1, 0.15) is 17.5 Å². The predicted molar refractivity (Wildman–Crippen MR) is 143 cm³/mol. The maximum absolute atomic E-state index is 13.6. The molecule has 1 aromatic heterocycles. The molecule has 2 fully saturated rings. The standard InChI is InChI=1S/C28H36ClN5O3/c1-28(2,3)37-27(36)32(4)24-18-34(17-23(24)20-6-8-22(29)9-7-20)26(35)21-11-13-33(14-12-21)25-10-5-19(15-30)16-31-25/h5-8,10,16,21-24H,9,11-14,17-18H2,1-4H3. The molecule has 3 aliphatic rings. The maximum Gasteiger partial charge on any atom is 0.410 e. The first kappa shape index (κ1) is 27.0. The van der Waals surface area contributed by atoms with Gasteiger partial charge in [-0.05, 0) is 57.7 Å². The van der Waals surface area contributed by atoms with Crippen molar-refractivity contribution in [3.05, 3.63) is 47.7 Å². The fourth-order valence-electron chi connectivity index (χ4n) is 5.29. The Balaban J connectivity index is 1.43. The Kier molecular flexibility index (Phi) is 8.13. The van der Waals surface area contributed by atoms with Crippen LogP contribution in [0, 0.1) is 23.2 Å². The number of piperidine rings is 1. The molecule has 1 aromatic rings. The molecular weight excluding hydrogens is 490 g/mol. The number of amides is 2. The van der Waals surface area contributed by atoms with Crippen molar-refractivity contribution in [2.45, 2.75) is 57.1 Å². The van der Waals surface area contributed by atoms with Gasteiger partial charge in [0.15, 0.2) is 0 Å². The molecule has 0 N–H and O–H groups in total. The molecule has 1 aliphatic carbocycles. The molecule has 2 saturated heterocycles. The van der Waals surface area contributed by atoms with Gasteiger partial charge in [0.05, 0.1) is 17.0 Å². The van der Waals surface area contributed by atoms with Gasteiger partial charge in [-0.15, -0.1) is 11.6 Å². The largest absolute Gasteiger partial charge is 0.444 e. The van der Waals surface area contributed by atoms with Crippen LogP contribution in [0.15, 0.2) is 42.1 Å². The Morgan fingerprint density at radius 3 is 2.51 bits per heavy atom. The van der Waals surface area contributed by atoms with Crippen molar-refractivity contribution in [3.8, 4) is 6.07 Å². The monoisotopic (exact) mass is 525 g/mol. The summed E-state index contributed by atoms with van der Waals surface area (Å²) in [5.74, 6) is 0.917. The molecule has 2 aliphatic heterocycles. The number of carbonyl (C=O) groups excluding carboxylic acids is 2. The van der Waals surface area contributed by atoms with Gasteiger partial charge in [0, 0.05) is 51.3 Å². The van der Waals surface area contributed by atoms with Crippen molar-refractivity contribution in [1.82, 2.24) is 14.8 Å². The van der Waals surface area contributed by atoms with E-state index in [0.717, 1.165) is 43.7 Å². The molecule has 3 heterocycles. The molecule has 0 spiro atoms. The van der Waals surface area contributed by atoms with Crippen molar-refractivity contribution < 1.29 is 14.3 Å². The Labute approximate surface area is 224 Å². The van der Waals surface area contributed by atoms with Crippen molar-refractivity contribution in [1.29, 1.82) is 5.26 Å². The maximum atomic E-state index is 13.6. The Morgan fingerprint density at radius 1 is 1.22 bits per heavy atom. The van der Waals surface area contributed by atoms with E-state index in [-0.39, 0.29) is 35.3 Å². The second-order valence-electron chi connectivity index (χ2n) is 11.1. The van der Waals surface area contributed by atoms with Crippen LogP contribution < -0.4 is 4.90 Å². The number of nitriles is 1. The Morgan fingerprint density at radius 2 is 1.95 bits per heavy atom. The van der Waals surface area contributed by atoms with Crippen molar-refractivity contribution in [2.24, 2.45) is 11.8 Å². The van der Waals surface area contributed by atoms with Crippen LogP contribution in [-0.2, 0) is 9.53 Å². The highest BCUT2D eigenvalue weighted by molar-refractivity contribution is 6.22. The summed E-state index contributed by atoms with van der Waals surface area (Å²) in [5, 5.41) is 8.97. The molecular formula is C28H36ClN5O3. The number of aromatic nitrogens is 1. The molecule has 37 heavy (non-hydrogen) atoms. The smallest absolute Gasteiger partial charge is 0.410 e. The van der Waals surface area contributed by atoms with E-state index in [1.807, 2.05) is 43.9 Å². The lowest BCUT2D eigenvalue weighted by molar-refractivity contribution is -0.135. The lowest BCUT2D eigenvalue weighted by Crippen LogP contribution is -2.46. The normalized spacial score (nSPS) is 24.4. The van der Waals surface area contributed by atoms with E-state index >= 15 is 0 Å². The van der Waals surface area contributed by atoms with Crippen LogP contribution in [0.4, 0.5) is 10.6 Å². The lowest BCUT2D eigenvalue weighted by Gasteiger charge is -2.34.